The van der Waals surface area contributed by atoms with Gasteiger partial charge in [0.25, 0.3) is 0 Å². The third kappa shape index (κ3) is 13.3. The van der Waals surface area contributed by atoms with Crippen LogP contribution < -0.4 is 18.9 Å². The van der Waals surface area contributed by atoms with Crippen molar-refractivity contribution in [3.63, 3.8) is 0 Å². The van der Waals surface area contributed by atoms with E-state index in [-0.39, 0.29) is 0 Å². The lowest BCUT2D eigenvalue weighted by molar-refractivity contribution is 0.301. The van der Waals surface area contributed by atoms with Gasteiger partial charge in [0, 0.05) is 23.6 Å². The molecule has 0 aliphatic rings. The van der Waals surface area contributed by atoms with E-state index in [0.717, 1.165) is 93.5 Å². The van der Waals surface area contributed by atoms with Gasteiger partial charge < -0.3 is 18.9 Å². The molecule has 0 amide bonds. The first-order chi connectivity index (χ1) is 33.6. The van der Waals surface area contributed by atoms with Crippen molar-refractivity contribution in [2.75, 3.05) is 13.2 Å². The van der Waals surface area contributed by atoms with Crippen molar-refractivity contribution in [3.05, 3.63) is 215 Å². The van der Waals surface area contributed by atoms with E-state index in [2.05, 4.69) is 124 Å². The topological polar surface area (TPSA) is 172 Å². The Labute approximate surface area is 393 Å². The van der Waals surface area contributed by atoms with Gasteiger partial charge in [-0.3, -0.25) is 0 Å². The maximum atomic E-state index is 6.02. The summed E-state index contributed by atoms with van der Waals surface area (Å²) in [5.74, 6) is 4.84. The molecule has 4 heterocycles. The summed E-state index contributed by atoms with van der Waals surface area (Å²) in [5, 5.41) is 29.7. The molecular weight excluding hydrogens is 853 g/mol. The molecule has 10 aromatic rings. The van der Waals surface area contributed by atoms with Crippen LogP contribution >= 0.6 is 0 Å². The maximum absolute atomic E-state index is 6.02. The van der Waals surface area contributed by atoms with Gasteiger partial charge in [-0.05, 0) is 142 Å². The predicted octanol–water partition coefficient (Wildman–Crippen LogP) is 9.47. The molecule has 0 unspecified atom stereocenters. The summed E-state index contributed by atoms with van der Waals surface area (Å²) in [7, 11) is 0. The summed E-state index contributed by atoms with van der Waals surface area (Å²) in [6, 6.07) is 57.4. The van der Waals surface area contributed by atoms with Gasteiger partial charge in [-0.2, -0.15) is 0 Å². The number of para-hydroxylation sites is 2. The average molecular weight is 903 g/mol. The number of nitrogens with zero attached hydrogens (tertiary/aromatic N) is 8. The second-order valence-corrected chi connectivity index (χ2v) is 16.0. The number of rotatable bonds is 20. The first-order valence-corrected chi connectivity index (χ1v) is 22.7. The lowest BCUT2D eigenvalue weighted by Gasteiger charge is -2.09. The van der Waals surface area contributed by atoms with Crippen LogP contribution in [0.2, 0.25) is 0 Å². The summed E-state index contributed by atoms with van der Waals surface area (Å²) < 4.78 is 23.6. The Hall–Kier alpha value is -8.52. The van der Waals surface area contributed by atoms with E-state index in [0.29, 0.717) is 39.3 Å². The maximum Gasteiger partial charge on any atom is 0.151 e. The van der Waals surface area contributed by atoms with Crippen LogP contribution in [0, 0.1) is 0 Å². The molecule has 0 aliphatic heterocycles. The van der Waals surface area contributed by atoms with Gasteiger partial charge in [-0.15, -0.1) is 10.2 Å². The fourth-order valence-electron chi connectivity index (χ4n) is 7.46. The van der Waals surface area contributed by atoms with E-state index >= 15 is 0 Å². The zero-order valence-corrected chi connectivity index (χ0v) is 37.4. The van der Waals surface area contributed by atoms with E-state index < -0.39 is 0 Å². The Morgan fingerprint density at radius 3 is 1.29 bits per heavy atom. The molecule has 0 spiro atoms. The molecule has 4 aromatic heterocycles. The van der Waals surface area contributed by atoms with E-state index in [9.17, 15) is 0 Å². The van der Waals surface area contributed by atoms with Crippen molar-refractivity contribution in [1.82, 2.24) is 51.2 Å². The molecule has 10 rings (SSSR count). The van der Waals surface area contributed by atoms with Crippen molar-refractivity contribution < 1.29 is 18.9 Å². The van der Waals surface area contributed by atoms with Crippen LogP contribution in [0.1, 0.15) is 45.3 Å². The molecule has 0 atom stereocenters. The van der Waals surface area contributed by atoms with Crippen LogP contribution in [-0.4, -0.2) is 64.4 Å². The number of aromatic amines is 2. The first kappa shape index (κ1) is 44.7. The number of pyridine rings is 2. The highest BCUT2D eigenvalue weighted by Crippen LogP contribution is 2.21. The largest absolute Gasteiger partial charge is 0.493 e. The van der Waals surface area contributed by atoms with Gasteiger partial charge in [0.2, 0.25) is 0 Å². The van der Waals surface area contributed by atoms with Crippen LogP contribution in [0.3, 0.4) is 0 Å². The Kier molecular flexibility index (Phi) is 15.2. The van der Waals surface area contributed by atoms with Crippen molar-refractivity contribution >= 4 is 21.8 Å². The molecule has 0 saturated heterocycles. The molecule has 0 saturated carbocycles. The first-order valence-electron chi connectivity index (χ1n) is 22.7. The highest BCUT2D eigenvalue weighted by molar-refractivity contribution is 5.79. The molecule has 68 heavy (non-hydrogen) atoms. The van der Waals surface area contributed by atoms with E-state index in [1.807, 2.05) is 97.1 Å². The van der Waals surface area contributed by atoms with Gasteiger partial charge in [0.15, 0.2) is 11.6 Å². The second-order valence-electron chi connectivity index (χ2n) is 16.0. The molecule has 0 fully saturated rings. The minimum Gasteiger partial charge on any atom is -0.493 e. The number of H-pyrrole nitrogens is 2. The minimum atomic E-state index is 0.447. The number of nitrogens with one attached hydrogen (secondary N) is 2. The number of hydrogen-bond acceptors (Lipinski definition) is 12. The van der Waals surface area contributed by atoms with E-state index in [1.54, 1.807) is 0 Å². The smallest absolute Gasteiger partial charge is 0.151 e. The highest BCUT2D eigenvalue weighted by atomic mass is 16.5. The van der Waals surface area contributed by atoms with Gasteiger partial charge in [0.05, 0.1) is 35.6 Å². The third-order valence-electron chi connectivity index (χ3n) is 11.1. The minimum absolute atomic E-state index is 0.447. The van der Waals surface area contributed by atoms with Crippen LogP contribution in [0.5, 0.6) is 23.0 Å². The number of hydrogen-bond donors (Lipinski definition) is 2. The highest BCUT2D eigenvalue weighted by Gasteiger charge is 2.06. The fourth-order valence-corrected chi connectivity index (χ4v) is 7.46. The zero-order valence-electron chi connectivity index (χ0n) is 37.4. The second kappa shape index (κ2) is 23.1. The molecule has 14 nitrogen and oxygen atoms in total. The number of tetrazole rings is 2. The SMILES string of the molecule is c1cc(CCc2ccc(OCCc3nnn[nH]3)cc2)cc(OCc2ccc3ccccc3n2)c1.c1cc(CCc2ccc(OCc3ccc4ccccc4n3)cc2)cc(OCCc2nnn[nH]2)c1. The van der Waals surface area contributed by atoms with Crippen LogP contribution in [0.25, 0.3) is 21.8 Å². The molecule has 0 radical (unpaired) electrons. The molecular formula is C54H50N10O4. The van der Waals surface area contributed by atoms with Crippen molar-refractivity contribution in [3.8, 4) is 23.0 Å². The fraction of sp³-hybridized carbons (Fsp3) is 0.185. The van der Waals surface area contributed by atoms with Gasteiger partial charge in [-0.25, -0.2) is 20.2 Å². The van der Waals surface area contributed by atoms with Gasteiger partial charge in [-0.1, -0.05) is 97.1 Å². The number of fused-ring (bicyclic) bond motifs is 2. The van der Waals surface area contributed by atoms with Crippen LogP contribution in [0.15, 0.2) is 170 Å². The molecule has 6 aromatic carbocycles. The lowest BCUT2D eigenvalue weighted by Crippen LogP contribution is -2.03. The molecule has 2 N–H and O–H groups in total. The van der Waals surface area contributed by atoms with Crippen molar-refractivity contribution in [1.29, 1.82) is 0 Å². The predicted molar refractivity (Wildman–Crippen MR) is 259 cm³/mol. The zero-order chi connectivity index (χ0) is 46.0. The van der Waals surface area contributed by atoms with Crippen molar-refractivity contribution in [2.45, 2.75) is 51.7 Å². The Morgan fingerprint density at radius 2 is 0.794 bits per heavy atom. The molecule has 14 heteroatoms. The van der Waals surface area contributed by atoms with Gasteiger partial charge >= 0.3 is 0 Å². The van der Waals surface area contributed by atoms with Crippen molar-refractivity contribution in [2.24, 2.45) is 0 Å². The summed E-state index contributed by atoms with van der Waals surface area (Å²) in [6.07, 6.45) is 5.04. The Balaban J connectivity index is 0.000000170. The molecule has 0 aliphatic carbocycles. The lowest BCUT2D eigenvalue weighted by atomic mass is 10.0. The van der Waals surface area contributed by atoms with Crippen LogP contribution in [-0.2, 0) is 51.7 Å². The number of aryl methyl sites for hydroxylation is 4. The van der Waals surface area contributed by atoms with E-state index in [4.69, 9.17) is 18.9 Å². The van der Waals surface area contributed by atoms with Crippen LogP contribution in [0.4, 0.5) is 0 Å². The Bertz CT molecular complexity index is 3100. The summed E-state index contributed by atoms with van der Waals surface area (Å²) in [5.41, 5.74) is 8.82. The normalized spacial score (nSPS) is 10.9. The Morgan fingerprint density at radius 1 is 0.353 bits per heavy atom. The number of benzene rings is 6. The summed E-state index contributed by atoms with van der Waals surface area (Å²) in [6.45, 7) is 1.95. The quantitative estimate of drug-likeness (QED) is 0.0744. The average Bonchev–Trinajstić information content (AvgIpc) is 4.13. The van der Waals surface area contributed by atoms with E-state index in [1.165, 1.54) is 22.3 Å². The third-order valence-corrected chi connectivity index (χ3v) is 11.1. The molecule has 0 bridgehead atoms. The number of ether oxygens (including phenoxy) is 4. The summed E-state index contributed by atoms with van der Waals surface area (Å²) >= 11 is 0. The number of aromatic nitrogens is 10. The monoisotopic (exact) mass is 902 g/mol. The summed E-state index contributed by atoms with van der Waals surface area (Å²) in [4.78, 5) is 9.35. The van der Waals surface area contributed by atoms with Gasteiger partial charge in [0.1, 0.15) is 36.2 Å². The standard InChI is InChI=1S/2C27H25N5O2/c1-2-7-26-22(5-1)12-13-23(28-26)19-34-24-14-10-20(11-15-24)8-9-21-4-3-6-25(18-21)33-17-16-27-29-31-32-30-27;1-2-7-26-22(5-1)12-13-23(28-26)19-34-25-6-3-4-21(18-25)9-8-20-10-14-24(15-11-20)33-17-16-27-29-31-32-30-27/h2*1-7,10-15,18H,8-9,16-17,19H2,(H,29,30,31,32). The molecule has 340 valence electrons.